The lowest BCUT2D eigenvalue weighted by Crippen LogP contribution is -2.51. The Morgan fingerprint density at radius 1 is 1.23 bits per heavy atom. The fraction of sp³-hybridized carbons (Fsp3) is 0.478. The first kappa shape index (κ1) is 22.2. The van der Waals surface area contributed by atoms with Crippen molar-refractivity contribution in [1.29, 1.82) is 0 Å². The summed E-state index contributed by atoms with van der Waals surface area (Å²) in [5.74, 6) is 0.765. The fourth-order valence-electron chi connectivity index (χ4n) is 3.86. The third-order valence-corrected chi connectivity index (χ3v) is 6.77. The van der Waals surface area contributed by atoms with Crippen LogP contribution in [-0.2, 0) is 11.2 Å². The molecule has 3 amide bonds. The molecule has 1 aliphatic heterocycles. The van der Waals surface area contributed by atoms with Gasteiger partial charge in [0.1, 0.15) is 12.3 Å². The lowest BCUT2D eigenvalue weighted by Gasteiger charge is -2.39. The standard InChI is InChI=1S/C23H31N3O3S/c1-6-16(2)26(23(28)24(3)4)15-21(27)25-13-11-20-19(12-14-30-20)22(25)17-7-9-18(29-5)10-8-17/h7-10,12,14,16,22H,6,11,13,15H2,1-5H3. The number of hydrogen-bond acceptors (Lipinski definition) is 4. The van der Waals surface area contributed by atoms with Crippen LogP contribution in [0.15, 0.2) is 35.7 Å². The van der Waals surface area contributed by atoms with Crippen molar-refractivity contribution < 1.29 is 14.3 Å². The molecule has 6 nitrogen and oxygen atoms in total. The molecule has 0 bridgehead atoms. The molecule has 0 N–H and O–H groups in total. The van der Waals surface area contributed by atoms with E-state index < -0.39 is 0 Å². The molecule has 2 heterocycles. The minimum absolute atomic E-state index is 0.00946. The van der Waals surface area contributed by atoms with Gasteiger partial charge in [0.15, 0.2) is 0 Å². The third kappa shape index (κ3) is 4.46. The second-order valence-corrected chi connectivity index (χ2v) is 8.87. The van der Waals surface area contributed by atoms with Crippen LogP contribution in [0.1, 0.15) is 42.3 Å². The molecule has 1 aromatic heterocycles. The number of carbonyl (C=O) groups is 2. The highest BCUT2D eigenvalue weighted by Gasteiger charge is 2.34. The molecule has 0 aliphatic carbocycles. The van der Waals surface area contributed by atoms with E-state index in [1.807, 2.05) is 43.0 Å². The maximum atomic E-state index is 13.5. The Balaban J connectivity index is 1.91. The number of benzene rings is 1. The summed E-state index contributed by atoms with van der Waals surface area (Å²) in [6, 6.07) is 9.73. The van der Waals surface area contributed by atoms with Gasteiger partial charge in [-0.25, -0.2) is 4.79 Å². The average Bonchev–Trinajstić information content (AvgIpc) is 3.24. The molecule has 0 radical (unpaired) electrons. The van der Waals surface area contributed by atoms with Crippen LogP contribution in [0.3, 0.4) is 0 Å². The van der Waals surface area contributed by atoms with Gasteiger partial charge in [-0.3, -0.25) is 4.79 Å². The topological polar surface area (TPSA) is 53.1 Å². The highest BCUT2D eigenvalue weighted by atomic mass is 32.1. The van der Waals surface area contributed by atoms with E-state index in [0.29, 0.717) is 6.54 Å². The molecule has 30 heavy (non-hydrogen) atoms. The summed E-state index contributed by atoms with van der Waals surface area (Å²) in [7, 11) is 5.09. The summed E-state index contributed by atoms with van der Waals surface area (Å²) < 4.78 is 5.30. The number of hydrogen-bond donors (Lipinski definition) is 0. The van der Waals surface area contributed by atoms with Gasteiger partial charge >= 0.3 is 6.03 Å². The van der Waals surface area contributed by atoms with E-state index in [1.54, 1.807) is 37.4 Å². The molecule has 2 atom stereocenters. The molecule has 7 heteroatoms. The number of carbonyl (C=O) groups excluding carboxylic acids is 2. The van der Waals surface area contributed by atoms with Crippen molar-refractivity contribution in [2.24, 2.45) is 0 Å². The second kappa shape index (κ2) is 9.51. The zero-order valence-corrected chi connectivity index (χ0v) is 19.2. The summed E-state index contributed by atoms with van der Waals surface area (Å²) in [5.41, 5.74) is 2.23. The third-order valence-electron chi connectivity index (χ3n) is 5.77. The zero-order valence-electron chi connectivity index (χ0n) is 18.4. The van der Waals surface area contributed by atoms with E-state index in [0.717, 1.165) is 24.2 Å². The molecule has 0 fully saturated rings. The summed E-state index contributed by atoms with van der Waals surface area (Å²) in [5, 5.41) is 2.09. The number of methoxy groups -OCH3 is 1. The van der Waals surface area contributed by atoms with E-state index in [1.165, 1.54) is 15.3 Å². The Morgan fingerprint density at radius 3 is 2.53 bits per heavy atom. The summed E-state index contributed by atoms with van der Waals surface area (Å²) in [6.45, 7) is 4.75. The molecule has 2 unspecified atom stereocenters. The largest absolute Gasteiger partial charge is 0.497 e. The maximum Gasteiger partial charge on any atom is 0.320 e. The van der Waals surface area contributed by atoms with E-state index in [9.17, 15) is 9.59 Å². The lowest BCUT2D eigenvalue weighted by atomic mass is 9.93. The summed E-state index contributed by atoms with van der Waals surface area (Å²) in [4.78, 5) is 32.7. The summed E-state index contributed by atoms with van der Waals surface area (Å²) >= 11 is 1.74. The molecule has 0 spiro atoms. The molecular weight excluding hydrogens is 398 g/mol. The SMILES string of the molecule is CCC(C)N(CC(=O)N1CCc2sccc2C1c1ccc(OC)cc1)C(=O)N(C)C. The lowest BCUT2D eigenvalue weighted by molar-refractivity contribution is -0.134. The number of urea groups is 1. The number of fused-ring (bicyclic) bond motifs is 1. The molecular formula is C23H31N3O3S. The van der Waals surface area contributed by atoms with Crippen molar-refractivity contribution >= 4 is 23.3 Å². The van der Waals surface area contributed by atoms with Gasteiger partial charge in [0.05, 0.1) is 13.2 Å². The Kier molecular flexibility index (Phi) is 7.02. The Morgan fingerprint density at radius 2 is 1.93 bits per heavy atom. The molecule has 1 aliphatic rings. The quantitative estimate of drug-likeness (QED) is 0.697. The first-order valence-electron chi connectivity index (χ1n) is 10.3. The van der Waals surface area contributed by atoms with Gasteiger partial charge in [0, 0.05) is 31.6 Å². The predicted molar refractivity (Wildman–Crippen MR) is 120 cm³/mol. The monoisotopic (exact) mass is 429 g/mol. The van der Waals surface area contributed by atoms with Crippen molar-refractivity contribution in [3.8, 4) is 5.75 Å². The molecule has 1 aromatic carbocycles. The maximum absolute atomic E-state index is 13.5. The molecule has 0 saturated heterocycles. The number of thiophene rings is 1. The summed E-state index contributed by atoms with van der Waals surface area (Å²) in [6.07, 6.45) is 1.64. The molecule has 3 rings (SSSR count). The van der Waals surface area contributed by atoms with E-state index in [4.69, 9.17) is 4.74 Å². The molecule has 0 saturated carbocycles. The van der Waals surface area contributed by atoms with Crippen molar-refractivity contribution in [3.05, 3.63) is 51.7 Å². The second-order valence-electron chi connectivity index (χ2n) is 7.87. The van der Waals surface area contributed by atoms with E-state index in [-0.39, 0.29) is 30.6 Å². The van der Waals surface area contributed by atoms with Crippen LogP contribution in [0.4, 0.5) is 4.79 Å². The fourth-order valence-corrected chi connectivity index (χ4v) is 4.76. The average molecular weight is 430 g/mol. The van der Waals surface area contributed by atoms with Crippen molar-refractivity contribution in [2.75, 3.05) is 34.3 Å². The minimum Gasteiger partial charge on any atom is -0.497 e. The Bertz CT molecular complexity index is 878. The normalized spacial score (nSPS) is 16.6. The van der Waals surface area contributed by atoms with Crippen LogP contribution in [0.2, 0.25) is 0 Å². The number of ether oxygens (including phenoxy) is 1. The van der Waals surface area contributed by atoms with Crippen LogP contribution in [0.5, 0.6) is 5.75 Å². The van der Waals surface area contributed by atoms with Crippen molar-refractivity contribution in [2.45, 2.75) is 38.8 Å². The van der Waals surface area contributed by atoms with Crippen LogP contribution in [0.25, 0.3) is 0 Å². The zero-order chi connectivity index (χ0) is 21.8. The predicted octanol–water partition coefficient (Wildman–Crippen LogP) is 4.01. The highest BCUT2D eigenvalue weighted by molar-refractivity contribution is 7.10. The number of amides is 3. The van der Waals surface area contributed by atoms with Crippen LogP contribution >= 0.6 is 11.3 Å². The van der Waals surface area contributed by atoms with Gasteiger partial charge in [0.25, 0.3) is 0 Å². The van der Waals surface area contributed by atoms with Crippen molar-refractivity contribution in [3.63, 3.8) is 0 Å². The highest BCUT2D eigenvalue weighted by Crippen LogP contribution is 2.38. The van der Waals surface area contributed by atoms with E-state index >= 15 is 0 Å². The van der Waals surface area contributed by atoms with Crippen LogP contribution in [-0.4, -0.2) is 67.0 Å². The minimum atomic E-state index is -0.147. The Labute approximate surface area is 183 Å². The smallest absolute Gasteiger partial charge is 0.320 e. The first-order chi connectivity index (χ1) is 14.4. The number of rotatable bonds is 6. The van der Waals surface area contributed by atoms with Gasteiger partial charge in [-0.05, 0) is 54.5 Å². The van der Waals surface area contributed by atoms with E-state index in [2.05, 4.69) is 11.4 Å². The first-order valence-corrected chi connectivity index (χ1v) is 11.2. The molecule has 162 valence electrons. The molecule has 2 aromatic rings. The Hall–Kier alpha value is -2.54. The van der Waals surface area contributed by atoms with Gasteiger partial charge in [-0.1, -0.05) is 19.1 Å². The van der Waals surface area contributed by atoms with Gasteiger partial charge in [-0.2, -0.15) is 0 Å². The van der Waals surface area contributed by atoms with Gasteiger partial charge in [0.2, 0.25) is 5.91 Å². The number of nitrogens with zero attached hydrogens (tertiary/aromatic N) is 3. The van der Waals surface area contributed by atoms with Crippen LogP contribution < -0.4 is 4.74 Å². The van der Waals surface area contributed by atoms with Crippen LogP contribution in [0, 0.1) is 0 Å². The van der Waals surface area contributed by atoms with Gasteiger partial charge < -0.3 is 19.4 Å². The van der Waals surface area contributed by atoms with Crippen molar-refractivity contribution in [1.82, 2.24) is 14.7 Å². The van der Waals surface area contributed by atoms with Gasteiger partial charge in [-0.15, -0.1) is 11.3 Å².